The fourth-order valence-electron chi connectivity index (χ4n) is 2.91. The lowest BCUT2D eigenvalue weighted by molar-refractivity contribution is 0.372. The molecule has 0 bridgehead atoms. The van der Waals surface area contributed by atoms with E-state index in [1.54, 1.807) is 13.2 Å². The van der Waals surface area contributed by atoms with Crippen LogP contribution in [0.1, 0.15) is 12.0 Å². The highest BCUT2D eigenvalue weighted by Gasteiger charge is 2.39. The number of aryl methyl sites for hydroxylation is 1. The van der Waals surface area contributed by atoms with E-state index < -0.39 is 25.2 Å². The third-order valence-corrected chi connectivity index (χ3v) is 13.0. The van der Waals surface area contributed by atoms with Gasteiger partial charge in [0.05, 0.1) is 7.11 Å². The molecule has 1 N–H and O–H groups in total. The molecule has 0 saturated carbocycles. The van der Waals surface area contributed by atoms with E-state index in [0.717, 1.165) is 18.9 Å². The molecule has 1 rings (SSSR count). The summed E-state index contributed by atoms with van der Waals surface area (Å²) in [5, 5.41) is 9.70. The van der Waals surface area contributed by atoms with Crippen molar-refractivity contribution in [1.29, 1.82) is 0 Å². The van der Waals surface area contributed by atoms with Crippen molar-refractivity contribution in [2.75, 3.05) is 7.11 Å². The molecule has 7 heteroatoms. The topological polar surface area (TPSA) is 47.9 Å². The molecular formula is C17H34O4Si3. The molecule has 1 aromatic rings. The highest BCUT2D eigenvalue weighted by molar-refractivity contribution is 6.87. The van der Waals surface area contributed by atoms with Crippen molar-refractivity contribution < 1.29 is 18.1 Å². The summed E-state index contributed by atoms with van der Waals surface area (Å²) in [4.78, 5) is 0. The number of phenolic OH excluding ortho intramolecular Hbond substituents is 1. The molecule has 0 aliphatic heterocycles. The van der Waals surface area contributed by atoms with Gasteiger partial charge in [-0.3, -0.25) is 0 Å². The number of benzene rings is 1. The van der Waals surface area contributed by atoms with Crippen molar-refractivity contribution in [2.45, 2.75) is 64.7 Å². The Kier molecular flexibility index (Phi) is 7.30. The highest BCUT2D eigenvalue weighted by atomic mass is 28.5. The molecular weight excluding hydrogens is 352 g/mol. The lowest BCUT2D eigenvalue weighted by Gasteiger charge is -2.38. The van der Waals surface area contributed by atoms with Crippen molar-refractivity contribution in [3.63, 3.8) is 0 Å². The molecule has 0 heterocycles. The van der Waals surface area contributed by atoms with Crippen LogP contribution in [0.3, 0.4) is 0 Å². The zero-order chi connectivity index (χ0) is 18.6. The molecule has 0 fully saturated rings. The summed E-state index contributed by atoms with van der Waals surface area (Å²) < 4.78 is 18.2. The molecule has 0 radical (unpaired) electrons. The first-order chi connectivity index (χ1) is 10.8. The Morgan fingerprint density at radius 3 is 1.92 bits per heavy atom. The number of methoxy groups -OCH3 is 1. The molecule has 0 saturated heterocycles. The lowest BCUT2D eigenvalue weighted by Crippen LogP contribution is -2.52. The van der Waals surface area contributed by atoms with Gasteiger partial charge < -0.3 is 18.1 Å². The first-order valence-corrected chi connectivity index (χ1v) is 17.9. The minimum Gasteiger partial charge on any atom is -0.504 e. The normalized spacial score (nSPS) is 13.2. The van der Waals surface area contributed by atoms with Crippen LogP contribution in [0.4, 0.5) is 0 Å². The molecule has 138 valence electrons. The van der Waals surface area contributed by atoms with Crippen molar-refractivity contribution in [1.82, 2.24) is 0 Å². The van der Waals surface area contributed by atoms with Gasteiger partial charge in [0.2, 0.25) is 0 Å². The SMILES string of the molecule is COc1cc(CCC[Si](C)(O[Si](C)(C)C)O[Si](C)(C)C)ccc1O. The Bertz CT molecular complexity index is 520. The second kappa shape index (κ2) is 8.18. The number of hydrogen-bond donors (Lipinski definition) is 1. The van der Waals surface area contributed by atoms with Crippen LogP contribution in [0.15, 0.2) is 18.2 Å². The Hall–Kier alpha value is -0.609. The van der Waals surface area contributed by atoms with Crippen LogP contribution in [-0.4, -0.2) is 37.4 Å². The van der Waals surface area contributed by atoms with E-state index in [1.807, 2.05) is 12.1 Å². The lowest BCUT2D eigenvalue weighted by atomic mass is 10.1. The zero-order valence-electron chi connectivity index (χ0n) is 16.5. The first-order valence-electron chi connectivity index (χ1n) is 8.60. The van der Waals surface area contributed by atoms with Crippen LogP contribution in [0.2, 0.25) is 51.9 Å². The average molecular weight is 387 g/mol. The molecule has 0 spiro atoms. The number of rotatable bonds is 9. The second-order valence-corrected chi connectivity index (χ2v) is 21.3. The summed E-state index contributed by atoms with van der Waals surface area (Å²) in [5.74, 6) is 0.716. The number of hydrogen-bond acceptors (Lipinski definition) is 4. The summed E-state index contributed by atoms with van der Waals surface area (Å²) in [6.45, 7) is 15.6. The van der Waals surface area contributed by atoms with E-state index in [-0.39, 0.29) is 5.75 Å². The van der Waals surface area contributed by atoms with Gasteiger partial charge in [-0.1, -0.05) is 6.07 Å². The van der Waals surface area contributed by atoms with Crippen LogP contribution < -0.4 is 4.74 Å². The van der Waals surface area contributed by atoms with Gasteiger partial charge in [0, 0.05) is 0 Å². The predicted octanol–water partition coefficient (Wildman–Crippen LogP) is 5.11. The van der Waals surface area contributed by atoms with Gasteiger partial charge in [-0.05, 0) is 82.4 Å². The van der Waals surface area contributed by atoms with Gasteiger partial charge >= 0.3 is 8.56 Å². The van der Waals surface area contributed by atoms with Crippen LogP contribution >= 0.6 is 0 Å². The van der Waals surface area contributed by atoms with Gasteiger partial charge in [0.15, 0.2) is 28.1 Å². The second-order valence-electron chi connectivity index (χ2n) is 8.42. The third-order valence-electron chi connectivity index (χ3n) is 3.38. The van der Waals surface area contributed by atoms with E-state index >= 15 is 0 Å². The minimum atomic E-state index is -2.16. The van der Waals surface area contributed by atoms with Crippen LogP contribution in [0, 0.1) is 0 Å². The number of phenols is 1. The van der Waals surface area contributed by atoms with Crippen molar-refractivity contribution >= 4 is 25.2 Å². The Balaban J connectivity index is 2.74. The molecule has 0 aliphatic rings. The molecule has 4 nitrogen and oxygen atoms in total. The van der Waals surface area contributed by atoms with Crippen LogP contribution in [0.5, 0.6) is 11.5 Å². The number of aromatic hydroxyl groups is 1. The molecule has 0 aliphatic carbocycles. The minimum absolute atomic E-state index is 0.185. The van der Waals surface area contributed by atoms with Crippen molar-refractivity contribution in [2.24, 2.45) is 0 Å². The summed E-state index contributed by atoms with van der Waals surface area (Å²) in [7, 11) is -3.86. The van der Waals surface area contributed by atoms with Crippen molar-refractivity contribution in [3.05, 3.63) is 23.8 Å². The third kappa shape index (κ3) is 7.98. The molecule has 0 unspecified atom stereocenters. The molecule has 24 heavy (non-hydrogen) atoms. The van der Waals surface area contributed by atoms with Gasteiger partial charge in [-0.25, -0.2) is 0 Å². The Morgan fingerprint density at radius 1 is 0.917 bits per heavy atom. The molecule has 1 aromatic carbocycles. The largest absolute Gasteiger partial charge is 0.504 e. The van der Waals surface area contributed by atoms with Gasteiger partial charge in [0.1, 0.15) is 0 Å². The summed E-state index contributed by atoms with van der Waals surface area (Å²) in [6.07, 6.45) is 1.95. The smallest absolute Gasteiger partial charge is 0.314 e. The van der Waals surface area contributed by atoms with E-state index in [9.17, 15) is 5.11 Å². The summed E-state index contributed by atoms with van der Waals surface area (Å²) >= 11 is 0. The van der Waals surface area contributed by atoms with Crippen LogP contribution in [0.25, 0.3) is 0 Å². The van der Waals surface area contributed by atoms with E-state index in [4.69, 9.17) is 13.0 Å². The fraction of sp³-hybridized carbons (Fsp3) is 0.647. The van der Waals surface area contributed by atoms with Gasteiger partial charge in [-0.2, -0.15) is 0 Å². The van der Waals surface area contributed by atoms with Gasteiger partial charge in [-0.15, -0.1) is 0 Å². The van der Waals surface area contributed by atoms with E-state index in [2.05, 4.69) is 45.8 Å². The fourth-order valence-corrected chi connectivity index (χ4v) is 15.4. The van der Waals surface area contributed by atoms with E-state index in [0.29, 0.717) is 5.75 Å². The highest BCUT2D eigenvalue weighted by Crippen LogP contribution is 2.29. The van der Waals surface area contributed by atoms with Crippen molar-refractivity contribution in [3.8, 4) is 11.5 Å². The molecule has 0 amide bonds. The zero-order valence-corrected chi connectivity index (χ0v) is 19.5. The van der Waals surface area contributed by atoms with Gasteiger partial charge in [0.25, 0.3) is 0 Å². The predicted molar refractivity (Wildman–Crippen MR) is 108 cm³/mol. The Morgan fingerprint density at radius 2 is 1.46 bits per heavy atom. The molecule has 0 aromatic heterocycles. The average Bonchev–Trinajstić information content (AvgIpc) is 2.36. The quantitative estimate of drug-likeness (QED) is 0.599. The first kappa shape index (κ1) is 21.4. The molecule has 0 atom stereocenters. The van der Waals surface area contributed by atoms with E-state index in [1.165, 1.54) is 5.56 Å². The van der Waals surface area contributed by atoms with Crippen LogP contribution in [-0.2, 0) is 14.7 Å². The summed E-state index contributed by atoms with van der Waals surface area (Å²) in [6, 6.07) is 6.55. The monoisotopic (exact) mass is 386 g/mol. The standard InChI is InChI=1S/C17H34O4Si3/c1-19-17-14-15(11-12-16(17)18)10-9-13-24(8,20-22(2,3)4)21-23(5,6)7/h11-12,14,18H,9-10,13H2,1-8H3. The number of ether oxygens (including phenoxy) is 1. The maximum atomic E-state index is 9.70. The maximum absolute atomic E-state index is 9.70. The Labute approximate surface area is 150 Å². The maximum Gasteiger partial charge on any atom is 0.314 e. The summed E-state index contributed by atoms with van der Waals surface area (Å²) in [5.41, 5.74) is 1.17.